The van der Waals surface area contributed by atoms with E-state index >= 15 is 0 Å². The van der Waals surface area contributed by atoms with Gasteiger partial charge in [-0.3, -0.25) is 4.79 Å². The molecule has 5 nitrogen and oxygen atoms in total. The molecule has 2 rings (SSSR count). The van der Waals surface area contributed by atoms with Crippen LogP contribution in [0.25, 0.3) is 0 Å². The van der Waals surface area contributed by atoms with Crippen LogP contribution in [-0.2, 0) is 4.79 Å². The predicted octanol–water partition coefficient (Wildman–Crippen LogP) is 1.39. The van der Waals surface area contributed by atoms with E-state index in [1.165, 1.54) is 19.1 Å². The minimum Gasteiger partial charge on any atom is -0.363 e. The smallest absolute Gasteiger partial charge is 0.225 e. The molecular weight excluding hydrogens is 206 g/mol. The van der Waals surface area contributed by atoms with Crippen molar-refractivity contribution in [2.45, 2.75) is 25.7 Å². The van der Waals surface area contributed by atoms with Gasteiger partial charge < -0.3 is 15.2 Å². The van der Waals surface area contributed by atoms with Crippen LogP contribution >= 0.6 is 0 Å². The maximum atomic E-state index is 11.5. The summed E-state index contributed by atoms with van der Waals surface area (Å²) in [5, 5.41) is 9.65. The van der Waals surface area contributed by atoms with Crippen molar-refractivity contribution in [3.8, 4) is 0 Å². The molecule has 0 saturated carbocycles. The van der Waals surface area contributed by atoms with Gasteiger partial charge >= 0.3 is 0 Å². The van der Waals surface area contributed by atoms with E-state index in [4.69, 9.17) is 0 Å². The third-order valence-corrected chi connectivity index (χ3v) is 2.94. The predicted molar refractivity (Wildman–Crippen MR) is 60.0 cm³/mol. The van der Waals surface area contributed by atoms with E-state index in [9.17, 15) is 4.79 Å². The SMILES string of the molecule is O=C(CCC1CCNCC1)Nc1ccon1. The van der Waals surface area contributed by atoms with Crippen LogP contribution in [0.4, 0.5) is 5.82 Å². The summed E-state index contributed by atoms with van der Waals surface area (Å²) in [4.78, 5) is 11.5. The Morgan fingerprint density at radius 1 is 1.56 bits per heavy atom. The van der Waals surface area contributed by atoms with E-state index in [0.717, 1.165) is 19.5 Å². The summed E-state index contributed by atoms with van der Waals surface area (Å²) < 4.78 is 4.64. The largest absolute Gasteiger partial charge is 0.363 e. The summed E-state index contributed by atoms with van der Waals surface area (Å²) in [6, 6.07) is 1.64. The number of aromatic nitrogens is 1. The zero-order chi connectivity index (χ0) is 11.2. The number of piperidine rings is 1. The summed E-state index contributed by atoms with van der Waals surface area (Å²) >= 11 is 0. The molecule has 88 valence electrons. The van der Waals surface area contributed by atoms with Crippen molar-refractivity contribution in [1.29, 1.82) is 0 Å². The van der Waals surface area contributed by atoms with Crippen molar-refractivity contribution in [3.63, 3.8) is 0 Å². The lowest BCUT2D eigenvalue weighted by molar-refractivity contribution is -0.116. The molecule has 0 aromatic carbocycles. The van der Waals surface area contributed by atoms with Gasteiger partial charge in [-0.25, -0.2) is 0 Å². The Labute approximate surface area is 94.6 Å². The molecule has 0 unspecified atom stereocenters. The molecule has 1 aliphatic heterocycles. The average Bonchev–Trinajstić information content (AvgIpc) is 2.81. The number of nitrogens with zero attached hydrogens (tertiary/aromatic N) is 1. The molecule has 0 radical (unpaired) electrons. The first-order chi connectivity index (χ1) is 7.84. The molecule has 5 heteroatoms. The summed E-state index contributed by atoms with van der Waals surface area (Å²) in [5.41, 5.74) is 0. The standard InChI is InChI=1S/C11H17N3O2/c15-11(13-10-5-8-16-14-10)2-1-9-3-6-12-7-4-9/h5,8-9,12H,1-4,6-7H2,(H,13,14,15). The highest BCUT2D eigenvalue weighted by Crippen LogP contribution is 2.17. The molecule has 0 spiro atoms. The number of rotatable bonds is 4. The Morgan fingerprint density at radius 2 is 2.38 bits per heavy atom. The highest BCUT2D eigenvalue weighted by atomic mass is 16.5. The molecule has 1 fully saturated rings. The molecule has 0 atom stereocenters. The molecule has 1 aromatic heterocycles. The number of anilines is 1. The molecule has 2 N–H and O–H groups in total. The summed E-state index contributed by atoms with van der Waals surface area (Å²) in [6.07, 6.45) is 5.33. The van der Waals surface area contributed by atoms with Crippen LogP contribution < -0.4 is 10.6 Å². The zero-order valence-electron chi connectivity index (χ0n) is 9.24. The first-order valence-corrected chi connectivity index (χ1v) is 5.75. The van der Waals surface area contributed by atoms with E-state index in [2.05, 4.69) is 20.3 Å². The first kappa shape index (κ1) is 11.1. The average molecular weight is 223 g/mol. The van der Waals surface area contributed by atoms with Gasteiger partial charge in [-0.05, 0) is 38.3 Å². The van der Waals surface area contributed by atoms with E-state index in [1.807, 2.05) is 0 Å². The Kier molecular flexibility index (Phi) is 3.93. The fourth-order valence-corrected chi connectivity index (χ4v) is 1.99. The fourth-order valence-electron chi connectivity index (χ4n) is 1.99. The van der Waals surface area contributed by atoms with Gasteiger partial charge in [0.15, 0.2) is 5.82 Å². The third kappa shape index (κ3) is 3.34. The minimum atomic E-state index is 0.0208. The molecule has 1 aliphatic rings. The lowest BCUT2D eigenvalue weighted by Crippen LogP contribution is -2.28. The Hall–Kier alpha value is -1.36. The molecule has 0 bridgehead atoms. The maximum Gasteiger partial charge on any atom is 0.225 e. The van der Waals surface area contributed by atoms with Gasteiger partial charge in [0.25, 0.3) is 0 Å². The summed E-state index contributed by atoms with van der Waals surface area (Å²) in [7, 11) is 0. The monoisotopic (exact) mass is 223 g/mol. The van der Waals surface area contributed by atoms with Crippen molar-refractivity contribution in [1.82, 2.24) is 10.5 Å². The second kappa shape index (κ2) is 5.65. The van der Waals surface area contributed by atoms with Crippen molar-refractivity contribution < 1.29 is 9.32 Å². The van der Waals surface area contributed by atoms with E-state index in [0.29, 0.717) is 18.2 Å². The van der Waals surface area contributed by atoms with Crippen LogP contribution in [0, 0.1) is 5.92 Å². The van der Waals surface area contributed by atoms with Crippen molar-refractivity contribution in [3.05, 3.63) is 12.3 Å². The maximum absolute atomic E-state index is 11.5. The second-order valence-corrected chi connectivity index (χ2v) is 4.16. The topological polar surface area (TPSA) is 67.2 Å². The van der Waals surface area contributed by atoms with Crippen LogP contribution in [0.2, 0.25) is 0 Å². The van der Waals surface area contributed by atoms with Gasteiger partial charge in [0.1, 0.15) is 6.26 Å². The molecular formula is C11H17N3O2. The number of amides is 1. The third-order valence-electron chi connectivity index (χ3n) is 2.94. The Morgan fingerprint density at radius 3 is 3.06 bits per heavy atom. The van der Waals surface area contributed by atoms with Crippen LogP contribution in [0.3, 0.4) is 0 Å². The van der Waals surface area contributed by atoms with Crippen molar-refractivity contribution in [2.24, 2.45) is 5.92 Å². The van der Waals surface area contributed by atoms with E-state index < -0.39 is 0 Å². The molecule has 1 amide bonds. The zero-order valence-corrected chi connectivity index (χ0v) is 9.24. The lowest BCUT2D eigenvalue weighted by atomic mass is 9.93. The molecule has 1 aromatic rings. The molecule has 16 heavy (non-hydrogen) atoms. The summed E-state index contributed by atoms with van der Waals surface area (Å²) in [6.45, 7) is 2.16. The minimum absolute atomic E-state index is 0.0208. The summed E-state index contributed by atoms with van der Waals surface area (Å²) in [5.74, 6) is 1.20. The van der Waals surface area contributed by atoms with Gasteiger partial charge in [-0.15, -0.1) is 0 Å². The van der Waals surface area contributed by atoms with E-state index in [1.54, 1.807) is 6.07 Å². The van der Waals surface area contributed by atoms with Gasteiger partial charge in [-0.2, -0.15) is 0 Å². The quantitative estimate of drug-likeness (QED) is 0.809. The molecule has 1 saturated heterocycles. The number of hydrogen-bond donors (Lipinski definition) is 2. The van der Waals surface area contributed by atoms with Gasteiger partial charge in [-0.1, -0.05) is 5.16 Å². The second-order valence-electron chi connectivity index (χ2n) is 4.16. The highest BCUT2D eigenvalue weighted by molar-refractivity contribution is 5.89. The number of carbonyl (C=O) groups excluding carboxylic acids is 1. The van der Waals surface area contributed by atoms with Crippen LogP contribution in [0.15, 0.2) is 16.9 Å². The first-order valence-electron chi connectivity index (χ1n) is 5.75. The Balaban J connectivity index is 1.67. The van der Waals surface area contributed by atoms with E-state index in [-0.39, 0.29) is 5.91 Å². The van der Waals surface area contributed by atoms with Gasteiger partial charge in [0.05, 0.1) is 0 Å². The van der Waals surface area contributed by atoms with Crippen molar-refractivity contribution >= 4 is 11.7 Å². The number of carbonyl (C=O) groups is 1. The Bertz CT molecular complexity index is 318. The lowest BCUT2D eigenvalue weighted by Gasteiger charge is -2.21. The van der Waals surface area contributed by atoms with Crippen LogP contribution in [0.1, 0.15) is 25.7 Å². The van der Waals surface area contributed by atoms with Gasteiger partial charge in [0.2, 0.25) is 5.91 Å². The molecule has 2 heterocycles. The highest BCUT2D eigenvalue weighted by Gasteiger charge is 2.14. The number of hydrogen-bond acceptors (Lipinski definition) is 4. The molecule has 0 aliphatic carbocycles. The fraction of sp³-hybridized carbons (Fsp3) is 0.636. The van der Waals surface area contributed by atoms with Crippen LogP contribution in [0.5, 0.6) is 0 Å². The van der Waals surface area contributed by atoms with Crippen molar-refractivity contribution in [2.75, 3.05) is 18.4 Å². The van der Waals surface area contributed by atoms with Crippen LogP contribution in [-0.4, -0.2) is 24.2 Å². The van der Waals surface area contributed by atoms with Gasteiger partial charge in [0, 0.05) is 12.5 Å². The normalized spacial score (nSPS) is 17.2. The number of nitrogens with one attached hydrogen (secondary N) is 2.